The van der Waals surface area contributed by atoms with Crippen molar-refractivity contribution in [2.75, 3.05) is 25.1 Å². The minimum absolute atomic E-state index is 0.584. The maximum atomic E-state index is 9.97. The quantitative estimate of drug-likeness (QED) is 0.675. The van der Waals surface area contributed by atoms with E-state index >= 15 is 0 Å². The summed E-state index contributed by atoms with van der Waals surface area (Å²) in [5.74, 6) is 0.782. The van der Waals surface area contributed by atoms with Crippen molar-refractivity contribution in [3.8, 4) is 0 Å². The predicted molar refractivity (Wildman–Crippen MR) is 81.3 cm³/mol. The lowest BCUT2D eigenvalue weighted by molar-refractivity contribution is 0.0850. The molecule has 1 rings (SSSR count). The zero-order chi connectivity index (χ0) is 13.3. The molecule has 0 bridgehead atoms. The van der Waals surface area contributed by atoms with Crippen LogP contribution >= 0.6 is 11.8 Å². The van der Waals surface area contributed by atoms with Gasteiger partial charge < -0.3 is 10.4 Å². The standard InChI is InChI=1S/C15H25NOS/c1-15(17,13-18-2)12-16-11-7-6-10-14-8-4-3-5-9-14/h3-5,8-9,16-17H,6-7,10-13H2,1-2H3. The first-order valence-electron chi connectivity index (χ1n) is 6.60. The van der Waals surface area contributed by atoms with Crippen molar-refractivity contribution in [2.45, 2.75) is 31.8 Å². The molecule has 0 saturated heterocycles. The number of aliphatic hydroxyl groups is 1. The number of unbranched alkanes of at least 4 members (excludes halogenated alkanes) is 1. The summed E-state index contributed by atoms with van der Waals surface area (Å²) in [5, 5.41) is 13.3. The number of hydrogen-bond donors (Lipinski definition) is 2. The highest BCUT2D eigenvalue weighted by atomic mass is 32.2. The molecule has 0 aliphatic carbocycles. The minimum Gasteiger partial charge on any atom is -0.388 e. The van der Waals surface area contributed by atoms with Gasteiger partial charge in [-0.15, -0.1) is 0 Å². The molecule has 0 fully saturated rings. The Morgan fingerprint density at radius 3 is 2.61 bits per heavy atom. The van der Waals surface area contributed by atoms with E-state index in [1.165, 1.54) is 12.0 Å². The summed E-state index contributed by atoms with van der Waals surface area (Å²) in [6.07, 6.45) is 5.52. The highest BCUT2D eigenvalue weighted by Gasteiger charge is 2.18. The fourth-order valence-electron chi connectivity index (χ4n) is 1.94. The number of benzene rings is 1. The summed E-state index contributed by atoms with van der Waals surface area (Å²) >= 11 is 1.68. The van der Waals surface area contributed by atoms with Crippen LogP contribution in [-0.2, 0) is 6.42 Å². The van der Waals surface area contributed by atoms with Gasteiger partial charge in [0.2, 0.25) is 0 Å². The average molecular weight is 267 g/mol. The van der Waals surface area contributed by atoms with Crippen LogP contribution in [0.2, 0.25) is 0 Å². The molecule has 2 nitrogen and oxygen atoms in total. The van der Waals surface area contributed by atoms with Crippen LogP contribution in [0.5, 0.6) is 0 Å². The summed E-state index contributed by atoms with van der Waals surface area (Å²) in [6, 6.07) is 10.6. The number of rotatable bonds is 9. The van der Waals surface area contributed by atoms with E-state index in [0.29, 0.717) is 6.54 Å². The minimum atomic E-state index is -0.584. The van der Waals surface area contributed by atoms with Crippen molar-refractivity contribution in [1.29, 1.82) is 0 Å². The number of hydrogen-bond acceptors (Lipinski definition) is 3. The molecule has 102 valence electrons. The third kappa shape index (κ3) is 7.04. The van der Waals surface area contributed by atoms with Crippen LogP contribution in [0.25, 0.3) is 0 Å². The molecule has 3 heteroatoms. The number of aryl methyl sites for hydroxylation is 1. The van der Waals surface area contributed by atoms with Crippen molar-refractivity contribution >= 4 is 11.8 Å². The van der Waals surface area contributed by atoms with Crippen LogP contribution in [0.1, 0.15) is 25.3 Å². The Labute approximate surface area is 115 Å². The molecule has 1 aromatic rings. The molecule has 1 atom stereocenters. The average Bonchev–Trinajstić information content (AvgIpc) is 2.35. The molecule has 1 unspecified atom stereocenters. The van der Waals surface area contributed by atoms with Crippen molar-refractivity contribution in [2.24, 2.45) is 0 Å². The van der Waals surface area contributed by atoms with Gasteiger partial charge in [0, 0.05) is 12.3 Å². The van der Waals surface area contributed by atoms with Gasteiger partial charge in [-0.05, 0) is 44.6 Å². The molecule has 0 aliphatic heterocycles. The zero-order valence-corrected chi connectivity index (χ0v) is 12.3. The largest absolute Gasteiger partial charge is 0.388 e. The lowest BCUT2D eigenvalue weighted by Crippen LogP contribution is -2.40. The summed E-state index contributed by atoms with van der Waals surface area (Å²) in [6.45, 7) is 3.55. The molecule has 18 heavy (non-hydrogen) atoms. The van der Waals surface area contributed by atoms with Gasteiger partial charge in [-0.1, -0.05) is 30.3 Å². The summed E-state index contributed by atoms with van der Waals surface area (Å²) < 4.78 is 0. The van der Waals surface area contributed by atoms with Gasteiger partial charge >= 0.3 is 0 Å². The molecule has 0 saturated carbocycles. The van der Waals surface area contributed by atoms with Gasteiger partial charge in [0.1, 0.15) is 0 Å². The van der Waals surface area contributed by atoms with Gasteiger partial charge in [-0.3, -0.25) is 0 Å². The Morgan fingerprint density at radius 2 is 1.94 bits per heavy atom. The van der Waals surface area contributed by atoms with Gasteiger partial charge in [-0.25, -0.2) is 0 Å². The van der Waals surface area contributed by atoms with E-state index in [0.717, 1.165) is 25.1 Å². The molecule has 2 N–H and O–H groups in total. The summed E-state index contributed by atoms with van der Waals surface area (Å²) in [4.78, 5) is 0. The maximum absolute atomic E-state index is 9.97. The second kappa shape index (κ2) is 8.57. The first-order valence-corrected chi connectivity index (χ1v) is 7.99. The van der Waals surface area contributed by atoms with Crippen LogP contribution in [0.15, 0.2) is 30.3 Å². The maximum Gasteiger partial charge on any atom is 0.0833 e. The van der Waals surface area contributed by atoms with Crippen LogP contribution in [0.4, 0.5) is 0 Å². The van der Waals surface area contributed by atoms with Gasteiger partial charge in [0.05, 0.1) is 5.60 Å². The lowest BCUT2D eigenvalue weighted by atomic mass is 10.1. The highest BCUT2D eigenvalue weighted by Crippen LogP contribution is 2.09. The smallest absolute Gasteiger partial charge is 0.0833 e. The first-order chi connectivity index (χ1) is 8.64. The van der Waals surface area contributed by atoms with Gasteiger partial charge in [0.25, 0.3) is 0 Å². The Balaban J connectivity index is 2.02. The summed E-state index contributed by atoms with van der Waals surface area (Å²) in [5.41, 5.74) is 0.825. The Bertz CT molecular complexity index is 314. The molecular formula is C15H25NOS. The fourth-order valence-corrected chi connectivity index (χ4v) is 2.67. The topological polar surface area (TPSA) is 32.3 Å². The molecule has 1 aromatic carbocycles. The van der Waals surface area contributed by atoms with E-state index in [9.17, 15) is 5.11 Å². The van der Waals surface area contributed by atoms with Gasteiger partial charge in [-0.2, -0.15) is 11.8 Å². The van der Waals surface area contributed by atoms with E-state index in [-0.39, 0.29) is 0 Å². The van der Waals surface area contributed by atoms with E-state index in [1.54, 1.807) is 11.8 Å². The van der Waals surface area contributed by atoms with Gasteiger partial charge in [0.15, 0.2) is 0 Å². The Hall–Kier alpha value is -0.510. The third-order valence-corrected chi connectivity index (χ3v) is 3.78. The predicted octanol–water partition coefficient (Wildman–Crippen LogP) is 2.71. The SMILES string of the molecule is CSCC(C)(O)CNCCCCc1ccccc1. The van der Waals surface area contributed by atoms with Crippen LogP contribution in [0, 0.1) is 0 Å². The number of thioether (sulfide) groups is 1. The molecule has 0 aliphatic rings. The third-order valence-electron chi connectivity index (χ3n) is 2.87. The van der Waals surface area contributed by atoms with E-state index in [1.807, 2.05) is 13.2 Å². The monoisotopic (exact) mass is 267 g/mol. The molecular weight excluding hydrogens is 242 g/mol. The zero-order valence-electron chi connectivity index (χ0n) is 11.5. The molecule has 0 aromatic heterocycles. The van der Waals surface area contributed by atoms with Crippen molar-refractivity contribution in [3.63, 3.8) is 0 Å². The molecule has 0 radical (unpaired) electrons. The molecule has 0 heterocycles. The molecule has 0 amide bonds. The van der Waals surface area contributed by atoms with Crippen molar-refractivity contribution in [1.82, 2.24) is 5.32 Å². The molecule has 0 spiro atoms. The van der Waals surface area contributed by atoms with E-state index in [4.69, 9.17) is 0 Å². The van der Waals surface area contributed by atoms with Crippen molar-refractivity contribution < 1.29 is 5.11 Å². The van der Waals surface area contributed by atoms with Crippen molar-refractivity contribution in [3.05, 3.63) is 35.9 Å². The fraction of sp³-hybridized carbons (Fsp3) is 0.600. The second-order valence-electron chi connectivity index (χ2n) is 5.05. The van der Waals surface area contributed by atoms with Crippen LogP contribution in [0.3, 0.4) is 0 Å². The highest BCUT2D eigenvalue weighted by molar-refractivity contribution is 7.98. The van der Waals surface area contributed by atoms with Crippen LogP contribution in [-0.4, -0.2) is 35.8 Å². The normalized spacial score (nSPS) is 14.4. The number of nitrogens with one attached hydrogen (secondary N) is 1. The lowest BCUT2D eigenvalue weighted by Gasteiger charge is -2.22. The Kier molecular flexibility index (Phi) is 7.40. The van der Waals surface area contributed by atoms with E-state index in [2.05, 4.69) is 35.6 Å². The first kappa shape index (κ1) is 15.5. The van der Waals surface area contributed by atoms with E-state index < -0.39 is 5.60 Å². The second-order valence-corrected chi connectivity index (χ2v) is 5.92. The summed E-state index contributed by atoms with van der Waals surface area (Å²) in [7, 11) is 0. The van der Waals surface area contributed by atoms with Crippen LogP contribution < -0.4 is 5.32 Å². The Morgan fingerprint density at radius 1 is 1.22 bits per heavy atom.